The highest BCUT2D eigenvalue weighted by Gasteiger charge is 2.36. The van der Waals surface area contributed by atoms with Gasteiger partial charge >= 0.3 is 0 Å². The van der Waals surface area contributed by atoms with Crippen molar-refractivity contribution < 1.29 is 0 Å². The van der Waals surface area contributed by atoms with Crippen LogP contribution in [0, 0.1) is 0 Å². The summed E-state index contributed by atoms with van der Waals surface area (Å²) in [5.74, 6) is 0. The lowest BCUT2D eigenvalue weighted by molar-refractivity contribution is 0.435. The van der Waals surface area contributed by atoms with Crippen molar-refractivity contribution in [2.24, 2.45) is 4.40 Å². The van der Waals surface area contributed by atoms with Gasteiger partial charge in [0.2, 0.25) is 0 Å². The van der Waals surface area contributed by atoms with Gasteiger partial charge in [0.1, 0.15) is 4.87 Å². The van der Waals surface area contributed by atoms with E-state index in [-0.39, 0.29) is 4.87 Å². The maximum Gasteiger partial charge on any atom is 0.180 e. The van der Waals surface area contributed by atoms with Crippen LogP contribution < -0.4 is 0 Å². The van der Waals surface area contributed by atoms with E-state index in [1.54, 1.807) is 23.7 Å². The fraction of sp³-hybridized carbons (Fsp3) is 0.500. The molecule has 4 heteroatoms. The van der Waals surface area contributed by atoms with Crippen LogP contribution in [0.15, 0.2) is 16.0 Å². The minimum Gasteiger partial charge on any atom is -0.310 e. The highest BCUT2D eigenvalue weighted by Crippen LogP contribution is 2.42. The largest absolute Gasteiger partial charge is 0.310 e. The molecule has 0 aromatic carbocycles. The standard InChI is InChI=1S/C6H8N2S2/c1-6(2)8-3-4-9-5(8)7-10-6/h3-4H,1-2H3. The van der Waals surface area contributed by atoms with Gasteiger partial charge < -0.3 is 4.90 Å². The maximum absolute atomic E-state index is 4.31. The molecule has 54 valence electrons. The van der Waals surface area contributed by atoms with Crippen LogP contribution in [-0.4, -0.2) is 14.9 Å². The van der Waals surface area contributed by atoms with Gasteiger partial charge in [0.15, 0.2) is 5.17 Å². The van der Waals surface area contributed by atoms with Gasteiger partial charge in [0.05, 0.1) is 0 Å². The van der Waals surface area contributed by atoms with Crippen LogP contribution >= 0.6 is 23.7 Å². The fourth-order valence-corrected chi connectivity index (χ4v) is 2.62. The predicted octanol–water partition coefficient (Wildman–Crippen LogP) is 2.26. The Morgan fingerprint density at radius 2 is 2.40 bits per heavy atom. The lowest BCUT2D eigenvalue weighted by Gasteiger charge is -2.25. The smallest absolute Gasteiger partial charge is 0.180 e. The fourth-order valence-electron chi connectivity index (χ4n) is 0.943. The van der Waals surface area contributed by atoms with Gasteiger partial charge in [-0.3, -0.25) is 0 Å². The van der Waals surface area contributed by atoms with E-state index in [9.17, 15) is 0 Å². The Balaban J connectivity index is 2.32. The van der Waals surface area contributed by atoms with E-state index in [0.29, 0.717) is 0 Å². The van der Waals surface area contributed by atoms with Gasteiger partial charge in [-0.2, -0.15) is 4.40 Å². The molecule has 0 spiro atoms. The monoisotopic (exact) mass is 172 g/mol. The second-order valence-corrected chi connectivity index (χ2v) is 4.92. The highest BCUT2D eigenvalue weighted by molar-refractivity contribution is 8.18. The number of fused-ring (bicyclic) bond motifs is 1. The van der Waals surface area contributed by atoms with E-state index in [4.69, 9.17) is 0 Å². The Labute approximate surface area is 68.9 Å². The van der Waals surface area contributed by atoms with Crippen LogP contribution in [0.5, 0.6) is 0 Å². The molecule has 0 amide bonds. The summed E-state index contributed by atoms with van der Waals surface area (Å²) in [7, 11) is 0. The number of rotatable bonds is 0. The van der Waals surface area contributed by atoms with E-state index >= 15 is 0 Å². The lowest BCUT2D eigenvalue weighted by atomic mass is 10.3. The topological polar surface area (TPSA) is 15.6 Å². The number of nitrogens with zero attached hydrogens (tertiary/aromatic N) is 2. The van der Waals surface area contributed by atoms with E-state index in [0.717, 1.165) is 5.17 Å². The molecular formula is C6H8N2S2. The zero-order valence-electron chi connectivity index (χ0n) is 5.87. The molecule has 10 heavy (non-hydrogen) atoms. The van der Waals surface area contributed by atoms with Gasteiger partial charge in [-0.1, -0.05) is 11.8 Å². The molecule has 2 nitrogen and oxygen atoms in total. The van der Waals surface area contributed by atoms with Gasteiger partial charge in [-0.15, -0.1) is 0 Å². The van der Waals surface area contributed by atoms with Gasteiger partial charge in [0, 0.05) is 18.1 Å². The van der Waals surface area contributed by atoms with Crippen molar-refractivity contribution in [2.45, 2.75) is 18.7 Å². The molecule has 0 atom stereocenters. The second-order valence-electron chi connectivity index (χ2n) is 2.68. The first-order valence-electron chi connectivity index (χ1n) is 3.09. The summed E-state index contributed by atoms with van der Waals surface area (Å²) >= 11 is 3.32. The number of amidine groups is 1. The van der Waals surface area contributed by atoms with E-state index in [2.05, 4.69) is 34.8 Å². The Hall–Kier alpha value is -0.0900. The van der Waals surface area contributed by atoms with Crippen molar-refractivity contribution in [3.63, 3.8) is 0 Å². The molecule has 0 unspecified atom stereocenters. The average molecular weight is 172 g/mol. The molecular weight excluding hydrogens is 164 g/mol. The van der Waals surface area contributed by atoms with Crippen molar-refractivity contribution in [3.8, 4) is 0 Å². The molecule has 0 fully saturated rings. The van der Waals surface area contributed by atoms with Gasteiger partial charge in [-0.05, 0) is 19.3 Å². The van der Waals surface area contributed by atoms with Crippen LogP contribution in [-0.2, 0) is 0 Å². The summed E-state index contributed by atoms with van der Waals surface area (Å²) in [5, 5.41) is 3.19. The molecule has 2 aliphatic rings. The first-order chi connectivity index (χ1) is 4.70. The van der Waals surface area contributed by atoms with Crippen molar-refractivity contribution >= 4 is 28.9 Å². The minimum absolute atomic E-state index is 0.134. The Kier molecular flexibility index (Phi) is 1.29. The minimum atomic E-state index is 0.134. The predicted molar refractivity (Wildman–Crippen MR) is 47.7 cm³/mol. The molecule has 2 aliphatic heterocycles. The van der Waals surface area contributed by atoms with E-state index < -0.39 is 0 Å². The number of thioether (sulfide) groups is 1. The third-order valence-electron chi connectivity index (χ3n) is 1.52. The first-order valence-corrected chi connectivity index (χ1v) is 4.74. The normalized spacial score (nSPS) is 27.0. The summed E-state index contributed by atoms with van der Waals surface area (Å²) in [6, 6.07) is 0. The quantitative estimate of drug-likeness (QED) is 0.521. The Bertz CT molecular complexity index is 220. The Morgan fingerprint density at radius 3 is 3.10 bits per heavy atom. The summed E-state index contributed by atoms with van der Waals surface area (Å²) in [5.41, 5.74) is 0. The van der Waals surface area contributed by atoms with Crippen molar-refractivity contribution in [1.82, 2.24) is 4.90 Å². The summed E-state index contributed by atoms with van der Waals surface area (Å²) < 4.78 is 4.31. The molecule has 0 bridgehead atoms. The molecule has 0 aromatic rings. The average Bonchev–Trinajstić information content (AvgIpc) is 2.36. The number of hydrogen-bond acceptors (Lipinski definition) is 4. The molecule has 0 aliphatic carbocycles. The number of hydrogen-bond donors (Lipinski definition) is 0. The molecule has 2 heterocycles. The van der Waals surface area contributed by atoms with Crippen molar-refractivity contribution in [3.05, 3.63) is 11.6 Å². The van der Waals surface area contributed by atoms with Crippen LogP contribution in [0.25, 0.3) is 0 Å². The zero-order chi connectivity index (χ0) is 7.19. The SMILES string of the molecule is CC1(C)SN=C2SC=CN21. The third kappa shape index (κ3) is 0.787. The molecule has 0 N–H and O–H groups in total. The lowest BCUT2D eigenvalue weighted by Crippen LogP contribution is -2.33. The van der Waals surface area contributed by atoms with Crippen LogP contribution in [0.4, 0.5) is 0 Å². The van der Waals surface area contributed by atoms with Crippen LogP contribution in [0.3, 0.4) is 0 Å². The Morgan fingerprint density at radius 1 is 1.60 bits per heavy atom. The molecule has 0 aromatic heterocycles. The van der Waals surface area contributed by atoms with Gasteiger partial charge in [0.25, 0.3) is 0 Å². The van der Waals surface area contributed by atoms with Crippen LogP contribution in [0.1, 0.15) is 13.8 Å². The second kappa shape index (κ2) is 1.95. The van der Waals surface area contributed by atoms with Crippen molar-refractivity contribution in [2.75, 3.05) is 0 Å². The summed E-state index contributed by atoms with van der Waals surface area (Å²) in [6.07, 6.45) is 2.09. The van der Waals surface area contributed by atoms with Crippen LogP contribution in [0.2, 0.25) is 0 Å². The van der Waals surface area contributed by atoms with E-state index in [1.165, 1.54) is 0 Å². The third-order valence-corrected chi connectivity index (χ3v) is 3.30. The molecule has 0 saturated heterocycles. The van der Waals surface area contributed by atoms with E-state index in [1.807, 2.05) is 0 Å². The zero-order valence-corrected chi connectivity index (χ0v) is 7.50. The summed E-state index contributed by atoms with van der Waals surface area (Å²) in [6.45, 7) is 4.34. The first kappa shape index (κ1) is 6.61. The summed E-state index contributed by atoms with van der Waals surface area (Å²) in [4.78, 5) is 2.33. The maximum atomic E-state index is 4.31. The molecule has 0 saturated carbocycles. The highest BCUT2D eigenvalue weighted by atomic mass is 32.2. The van der Waals surface area contributed by atoms with Crippen molar-refractivity contribution in [1.29, 1.82) is 0 Å². The molecule has 0 radical (unpaired) electrons. The van der Waals surface area contributed by atoms with Gasteiger partial charge in [-0.25, -0.2) is 0 Å². The molecule has 2 rings (SSSR count).